The van der Waals surface area contributed by atoms with Gasteiger partial charge in [0.25, 0.3) is 5.91 Å². The maximum absolute atomic E-state index is 11.8. The second-order valence-corrected chi connectivity index (χ2v) is 4.80. The molecule has 0 aliphatic heterocycles. The number of amides is 1. The fraction of sp³-hybridized carbons (Fsp3) is 0.333. The van der Waals surface area contributed by atoms with Gasteiger partial charge in [-0.15, -0.1) is 0 Å². The molecule has 0 spiro atoms. The topological polar surface area (TPSA) is 110 Å². The first-order valence-corrected chi connectivity index (χ1v) is 5.85. The highest BCUT2D eigenvalue weighted by molar-refractivity contribution is 6.01. The third-order valence-electron chi connectivity index (χ3n) is 2.78. The number of carboxylic acid groups (broad SMARTS) is 1. The van der Waals surface area contributed by atoms with Crippen LogP contribution in [0.2, 0.25) is 0 Å². The maximum atomic E-state index is 11.8. The van der Waals surface area contributed by atoms with E-state index in [9.17, 15) is 9.59 Å². The number of nitrogens with zero attached hydrogens (tertiary/aromatic N) is 3. The highest BCUT2D eigenvalue weighted by Crippen LogP contribution is 2.17. The Morgan fingerprint density at radius 2 is 2.15 bits per heavy atom. The lowest BCUT2D eigenvalue weighted by molar-refractivity contribution is -0.146. The van der Waals surface area contributed by atoms with Gasteiger partial charge in [-0.1, -0.05) is 5.16 Å². The van der Waals surface area contributed by atoms with Crippen molar-refractivity contribution in [1.29, 1.82) is 0 Å². The summed E-state index contributed by atoms with van der Waals surface area (Å²) >= 11 is 0. The van der Waals surface area contributed by atoms with Crippen LogP contribution in [0.1, 0.15) is 30.1 Å². The van der Waals surface area contributed by atoms with E-state index in [4.69, 9.17) is 9.63 Å². The molecule has 1 amide bonds. The van der Waals surface area contributed by atoms with Crippen molar-refractivity contribution < 1.29 is 19.2 Å². The van der Waals surface area contributed by atoms with Gasteiger partial charge in [-0.05, 0) is 20.8 Å². The Balaban J connectivity index is 2.14. The van der Waals surface area contributed by atoms with E-state index in [0.29, 0.717) is 5.69 Å². The maximum Gasteiger partial charge on any atom is 0.331 e. The SMILES string of the molecule is Cc1cc(C(=O)Nc2ccn(C(C)(C)C(=O)O)n2)on1. The lowest BCUT2D eigenvalue weighted by atomic mass is 10.1. The Labute approximate surface area is 114 Å². The van der Waals surface area contributed by atoms with Crippen LogP contribution in [0, 0.1) is 6.92 Å². The van der Waals surface area contributed by atoms with E-state index < -0.39 is 17.4 Å². The molecule has 2 heterocycles. The number of hydrogen-bond donors (Lipinski definition) is 2. The quantitative estimate of drug-likeness (QED) is 0.870. The van der Waals surface area contributed by atoms with Gasteiger partial charge in [0.2, 0.25) is 5.76 Å². The summed E-state index contributed by atoms with van der Waals surface area (Å²) in [5.74, 6) is -1.22. The molecule has 8 heteroatoms. The lowest BCUT2D eigenvalue weighted by Gasteiger charge is -2.19. The highest BCUT2D eigenvalue weighted by atomic mass is 16.5. The van der Waals surface area contributed by atoms with Crippen LogP contribution in [0.4, 0.5) is 5.82 Å². The van der Waals surface area contributed by atoms with E-state index in [1.807, 2.05) is 0 Å². The molecule has 8 nitrogen and oxygen atoms in total. The Hall–Kier alpha value is -2.64. The first-order valence-electron chi connectivity index (χ1n) is 5.85. The number of rotatable bonds is 4. The number of aryl methyl sites for hydroxylation is 1. The van der Waals surface area contributed by atoms with E-state index >= 15 is 0 Å². The summed E-state index contributed by atoms with van der Waals surface area (Å²) in [4.78, 5) is 22.9. The molecule has 106 valence electrons. The van der Waals surface area contributed by atoms with Crippen molar-refractivity contribution in [3.05, 3.63) is 29.8 Å². The summed E-state index contributed by atoms with van der Waals surface area (Å²) in [7, 11) is 0. The number of hydrogen-bond acceptors (Lipinski definition) is 5. The summed E-state index contributed by atoms with van der Waals surface area (Å²) in [5, 5.41) is 19.2. The summed E-state index contributed by atoms with van der Waals surface area (Å²) < 4.78 is 6.08. The number of carbonyl (C=O) groups is 2. The summed E-state index contributed by atoms with van der Waals surface area (Å²) in [6.07, 6.45) is 1.48. The molecule has 0 radical (unpaired) electrons. The van der Waals surface area contributed by atoms with Gasteiger partial charge in [-0.25, -0.2) is 4.79 Å². The van der Waals surface area contributed by atoms with Crippen molar-refractivity contribution in [2.75, 3.05) is 5.32 Å². The molecule has 0 aromatic carbocycles. The van der Waals surface area contributed by atoms with Gasteiger partial charge in [0, 0.05) is 18.3 Å². The van der Waals surface area contributed by atoms with Gasteiger partial charge in [0.1, 0.15) is 0 Å². The van der Waals surface area contributed by atoms with Gasteiger partial charge in [-0.2, -0.15) is 5.10 Å². The number of carboxylic acids is 1. The Morgan fingerprint density at radius 3 is 2.70 bits per heavy atom. The number of aromatic nitrogens is 3. The second kappa shape index (κ2) is 4.80. The number of carbonyl (C=O) groups excluding carboxylic acids is 1. The molecule has 0 unspecified atom stereocenters. The molecule has 2 rings (SSSR count). The minimum Gasteiger partial charge on any atom is -0.479 e. The first kappa shape index (κ1) is 13.8. The minimum absolute atomic E-state index is 0.0644. The minimum atomic E-state index is -1.20. The van der Waals surface area contributed by atoms with Crippen LogP contribution in [-0.2, 0) is 10.3 Å². The van der Waals surface area contributed by atoms with Crippen molar-refractivity contribution in [3.63, 3.8) is 0 Å². The average molecular weight is 278 g/mol. The molecule has 2 aromatic heterocycles. The van der Waals surface area contributed by atoms with E-state index in [-0.39, 0.29) is 11.6 Å². The van der Waals surface area contributed by atoms with E-state index in [1.54, 1.807) is 6.92 Å². The number of nitrogens with one attached hydrogen (secondary N) is 1. The first-order chi connectivity index (χ1) is 9.30. The normalized spacial score (nSPS) is 11.3. The fourth-order valence-corrected chi connectivity index (χ4v) is 1.45. The number of aliphatic carboxylic acids is 1. The molecule has 0 saturated carbocycles. The zero-order chi connectivity index (χ0) is 14.9. The molecule has 0 saturated heterocycles. The predicted molar refractivity (Wildman–Crippen MR) is 68.4 cm³/mol. The van der Waals surface area contributed by atoms with Gasteiger partial charge in [0.05, 0.1) is 5.69 Å². The molecule has 0 fully saturated rings. The van der Waals surface area contributed by atoms with E-state index in [0.717, 1.165) is 0 Å². The van der Waals surface area contributed by atoms with Crippen molar-refractivity contribution >= 4 is 17.7 Å². The standard InChI is InChI=1S/C12H14N4O4/c1-7-6-8(20-15-7)10(17)13-9-4-5-16(14-9)12(2,3)11(18)19/h4-6H,1-3H3,(H,18,19)(H,13,14,17). The molecular formula is C12H14N4O4. The molecular weight excluding hydrogens is 264 g/mol. The number of anilines is 1. The lowest BCUT2D eigenvalue weighted by Crippen LogP contribution is -2.36. The van der Waals surface area contributed by atoms with Gasteiger partial charge in [0.15, 0.2) is 11.4 Å². The van der Waals surface area contributed by atoms with Gasteiger partial charge in [-0.3, -0.25) is 9.48 Å². The van der Waals surface area contributed by atoms with Crippen LogP contribution >= 0.6 is 0 Å². The third-order valence-corrected chi connectivity index (χ3v) is 2.78. The smallest absolute Gasteiger partial charge is 0.331 e. The molecule has 0 aliphatic carbocycles. The zero-order valence-electron chi connectivity index (χ0n) is 11.2. The zero-order valence-corrected chi connectivity index (χ0v) is 11.2. The van der Waals surface area contributed by atoms with Crippen LogP contribution in [0.15, 0.2) is 22.9 Å². The molecule has 2 aromatic rings. The van der Waals surface area contributed by atoms with Crippen molar-refractivity contribution in [1.82, 2.24) is 14.9 Å². The van der Waals surface area contributed by atoms with Gasteiger partial charge >= 0.3 is 5.97 Å². The predicted octanol–water partition coefficient (Wildman–Crippen LogP) is 1.25. The second-order valence-electron chi connectivity index (χ2n) is 4.80. The molecule has 2 N–H and O–H groups in total. The van der Waals surface area contributed by atoms with Crippen LogP contribution in [0.3, 0.4) is 0 Å². The fourth-order valence-electron chi connectivity index (χ4n) is 1.45. The summed E-state index contributed by atoms with van der Waals surface area (Å²) in [5.41, 5.74) is -0.612. The van der Waals surface area contributed by atoms with E-state index in [1.165, 1.54) is 36.9 Å². The van der Waals surface area contributed by atoms with E-state index in [2.05, 4.69) is 15.6 Å². The molecule has 0 bridgehead atoms. The Morgan fingerprint density at radius 1 is 1.45 bits per heavy atom. The van der Waals surface area contributed by atoms with Crippen molar-refractivity contribution in [2.45, 2.75) is 26.3 Å². The molecule has 20 heavy (non-hydrogen) atoms. The van der Waals surface area contributed by atoms with Crippen molar-refractivity contribution in [2.24, 2.45) is 0 Å². The Bertz CT molecular complexity index is 656. The third kappa shape index (κ3) is 2.53. The van der Waals surface area contributed by atoms with Crippen LogP contribution in [0.5, 0.6) is 0 Å². The largest absolute Gasteiger partial charge is 0.479 e. The summed E-state index contributed by atoms with van der Waals surface area (Å²) in [6.45, 7) is 4.71. The Kier molecular flexibility index (Phi) is 3.31. The molecule has 0 aliphatic rings. The van der Waals surface area contributed by atoms with Crippen molar-refractivity contribution in [3.8, 4) is 0 Å². The van der Waals surface area contributed by atoms with Crippen LogP contribution in [0.25, 0.3) is 0 Å². The van der Waals surface area contributed by atoms with Gasteiger partial charge < -0.3 is 14.9 Å². The van der Waals surface area contributed by atoms with Crippen LogP contribution in [-0.4, -0.2) is 31.9 Å². The highest BCUT2D eigenvalue weighted by Gasteiger charge is 2.30. The summed E-state index contributed by atoms with van der Waals surface area (Å²) in [6, 6.07) is 3.00. The average Bonchev–Trinajstić information content (AvgIpc) is 2.98. The molecule has 0 atom stereocenters. The van der Waals surface area contributed by atoms with Crippen LogP contribution < -0.4 is 5.32 Å². The monoisotopic (exact) mass is 278 g/mol.